The molecule has 0 saturated heterocycles. The predicted octanol–water partition coefficient (Wildman–Crippen LogP) is 5.26. The Bertz CT molecular complexity index is 365. The zero-order valence-electron chi connectivity index (χ0n) is 16.7. The molecular formula is C18H38O3Si. The lowest BCUT2D eigenvalue weighted by Crippen LogP contribution is -2.47. The van der Waals surface area contributed by atoms with Crippen LogP contribution in [0, 0.1) is 17.3 Å². The molecule has 0 fully saturated rings. The van der Waals surface area contributed by atoms with Crippen LogP contribution in [0.15, 0.2) is 0 Å². The lowest BCUT2D eigenvalue weighted by atomic mass is 9.81. The summed E-state index contributed by atoms with van der Waals surface area (Å²) in [6.45, 7) is 24.1. The van der Waals surface area contributed by atoms with Crippen LogP contribution in [0.4, 0.5) is 0 Å². The van der Waals surface area contributed by atoms with Crippen molar-refractivity contribution in [1.29, 1.82) is 0 Å². The minimum atomic E-state index is -1.80. The fraction of sp³-hybridized carbons (Fsp3) is 0.944. The van der Waals surface area contributed by atoms with Crippen LogP contribution in [-0.4, -0.2) is 27.0 Å². The molecule has 0 aromatic carbocycles. The van der Waals surface area contributed by atoms with Gasteiger partial charge in [0, 0.05) is 12.0 Å². The fourth-order valence-corrected chi connectivity index (χ4v) is 3.29. The van der Waals surface area contributed by atoms with Crippen molar-refractivity contribution in [3.63, 3.8) is 0 Å². The summed E-state index contributed by atoms with van der Waals surface area (Å²) in [5.41, 5.74) is -0.200. The first-order valence-corrected chi connectivity index (χ1v) is 11.4. The van der Waals surface area contributed by atoms with Crippen LogP contribution in [0.5, 0.6) is 0 Å². The molecule has 1 atom stereocenters. The minimum Gasteiger partial charge on any atom is -0.461 e. The molecule has 0 aromatic heterocycles. The Labute approximate surface area is 139 Å². The second-order valence-electron chi connectivity index (χ2n) is 9.29. The maximum absolute atomic E-state index is 12.0. The number of carbonyl (C=O) groups excluding carboxylic acids is 1. The van der Waals surface area contributed by atoms with Crippen molar-refractivity contribution < 1.29 is 14.0 Å². The third-order valence-corrected chi connectivity index (χ3v) is 9.18. The van der Waals surface area contributed by atoms with E-state index in [0.29, 0.717) is 6.61 Å². The Balaban J connectivity index is 5.03. The Hall–Kier alpha value is -0.353. The van der Waals surface area contributed by atoms with E-state index in [1.54, 1.807) is 0 Å². The van der Waals surface area contributed by atoms with Gasteiger partial charge in [0.25, 0.3) is 0 Å². The van der Waals surface area contributed by atoms with Crippen LogP contribution < -0.4 is 0 Å². The first-order valence-electron chi connectivity index (χ1n) is 8.46. The highest BCUT2D eigenvalue weighted by molar-refractivity contribution is 6.74. The van der Waals surface area contributed by atoms with Crippen molar-refractivity contribution in [3.05, 3.63) is 0 Å². The van der Waals surface area contributed by atoms with Crippen molar-refractivity contribution in [2.75, 3.05) is 6.61 Å². The van der Waals surface area contributed by atoms with E-state index in [0.717, 1.165) is 0 Å². The summed E-state index contributed by atoms with van der Waals surface area (Å²) in [6, 6.07) is 0. The van der Waals surface area contributed by atoms with E-state index in [-0.39, 0.29) is 34.4 Å². The van der Waals surface area contributed by atoms with Crippen LogP contribution in [0.1, 0.15) is 62.3 Å². The van der Waals surface area contributed by atoms with Gasteiger partial charge < -0.3 is 9.16 Å². The van der Waals surface area contributed by atoms with Crippen molar-refractivity contribution in [2.24, 2.45) is 17.3 Å². The molecule has 0 aliphatic rings. The summed E-state index contributed by atoms with van der Waals surface area (Å²) in [6.07, 6.45) is -0.132. The molecular weight excluding hydrogens is 292 g/mol. The summed E-state index contributed by atoms with van der Waals surface area (Å²) in [5.74, 6) is 0.0400. The summed E-state index contributed by atoms with van der Waals surface area (Å²) in [5, 5.41) is 0.186. The zero-order valence-corrected chi connectivity index (χ0v) is 17.7. The third-order valence-electron chi connectivity index (χ3n) is 4.70. The second kappa shape index (κ2) is 7.48. The minimum absolute atomic E-state index is 0.0987. The van der Waals surface area contributed by atoms with Gasteiger partial charge in [-0.05, 0) is 24.1 Å². The van der Waals surface area contributed by atoms with E-state index >= 15 is 0 Å². The van der Waals surface area contributed by atoms with Crippen LogP contribution in [0.3, 0.4) is 0 Å². The van der Waals surface area contributed by atoms with Gasteiger partial charge in [0.15, 0.2) is 8.32 Å². The van der Waals surface area contributed by atoms with Gasteiger partial charge in [-0.3, -0.25) is 4.79 Å². The summed E-state index contributed by atoms with van der Waals surface area (Å²) < 4.78 is 12.2. The lowest BCUT2D eigenvalue weighted by Gasteiger charge is -2.42. The Kier molecular flexibility index (Phi) is 7.36. The second-order valence-corrected chi connectivity index (χ2v) is 14.1. The quantitative estimate of drug-likeness (QED) is 0.472. The molecule has 0 aliphatic carbocycles. The van der Waals surface area contributed by atoms with Crippen LogP contribution in [0.25, 0.3) is 0 Å². The van der Waals surface area contributed by atoms with Crippen molar-refractivity contribution in [1.82, 2.24) is 0 Å². The Morgan fingerprint density at radius 3 is 1.77 bits per heavy atom. The highest BCUT2D eigenvalue weighted by Gasteiger charge is 2.41. The number of esters is 1. The average molecular weight is 331 g/mol. The number of hydrogen-bond donors (Lipinski definition) is 0. The number of rotatable bonds is 7. The van der Waals surface area contributed by atoms with E-state index in [1.165, 1.54) is 0 Å². The molecule has 0 radical (unpaired) electrons. The highest BCUT2D eigenvalue weighted by Crippen LogP contribution is 2.39. The summed E-state index contributed by atoms with van der Waals surface area (Å²) in [7, 11) is -1.80. The molecule has 132 valence electrons. The first kappa shape index (κ1) is 21.6. The van der Waals surface area contributed by atoms with Gasteiger partial charge in [0.2, 0.25) is 0 Å². The van der Waals surface area contributed by atoms with Crippen molar-refractivity contribution in [3.8, 4) is 0 Å². The molecule has 0 aliphatic heterocycles. The summed E-state index contributed by atoms with van der Waals surface area (Å²) in [4.78, 5) is 12.0. The average Bonchev–Trinajstić information content (AvgIpc) is 2.31. The van der Waals surface area contributed by atoms with E-state index in [4.69, 9.17) is 9.16 Å². The fourth-order valence-electron chi connectivity index (χ4n) is 2.12. The molecule has 0 saturated carbocycles. The molecule has 22 heavy (non-hydrogen) atoms. The highest BCUT2D eigenvalue weighted by atomic mass is 28.4. The van der Waals surface area contributed by atoms with Gasteiger partial charge >= 0.3 is 5.97 Å². The zero-order chi connectivity index (χ0) is 17.9. The normalized spacial score (nSPS) is 15.3. The maximum atomic E-state index is 12.0. The van der Waals surface area contributed by atoms with Gasteiger partial charge in [-0.1, -0.05) is 62.3 Å². The maximum Gasteiger partial charge on any atom is 0.308 e. The van der Waals surface area contributed by atoms with Crippen LogP contribution in [-0.2, 0) is 14.0 Å². The van der Waals surface area contributed by atoms with Crippen LogP contribution in [0.2, 0.25) is 18.1 Å². The molecule has 0 spiro atoms. The molecule has 0 amide bonds. The lowest BCUT2D eigenvalue weighted by molar-refractivity contribution is -0.164. The Morgan fingerprint density at radius 1 is 1.00 bits per heavy atom. The Morgan fingerprint density at radius 2 is 1.45 bits per heavy atom. The molecule has 0 rings (SSSR count). The van der Waals surface area contributed by atoms with E-state index in [1.807, 2.05) is 13.8 Å². The summed E-state index contributed by atoms with van der Waals surface area (Å²) >= 11 is 0. The van der Waals surface area contributed by atoms with E-state index < -0.39 is 8.32 Å². The molecule has 0 aromatic rings. The monoisotopic (exact) mass is 330 g/mol. The number of ether oxygens (including phenoxy) is 1. The van der Waals surface area contributed by atoms with Crippen LogP contribution >= 0.6 is 0 Å². The molecule has 3 nitrogen and oxygen atoms in total. The first-order chi connectivity index (χ1) is 9.62. The smallest absolute Gasteiger partial charge is 0.308 e. The molecule has 1 unspecified atom stereocenters. The van der Waals surface area contributed by atoms with Gasteiger partial charge in [0.1, 0.15) is 6.10 Å². The SMILES string of the molecule is CC(C)C(=O)OC(C(C)C)C(C)(C)CO[Si](C)(C)C(C)(C)C. The van der Waals surface area contributed by atoms with Gasteiger partial charge in [-0.25, -0.2) is 0 Å². The standard InChI is InChI=1S/C18H38O3Si/c1-13(2)15(21-16(19)14(3)4)18(8,9)12-20-22(10,11)17(5,6)7/h13-15H,12H2,1-11H3. The topological polar surface area (TPSA) is 35.5 Å². The molecule has 0 heterocycles. The number of carbonyl (C=O) groups is 1. The molecule has 0 N–H and O–H groups in total. The third kappa shape index (κ3) is 6.03. The van der Waals surface area contributed by atoms with Crippen molar-refractivity contribution >= 4 is 14.3 Å². The van der Waals surface area contributed by atoms with Crippen molar-refractivity contribution in [2.45, 2.75) is 86.5 Å². The van der Waals surface area contributed by atoms with Gasteiger partial charge in [-0.15, -0.1) is 0 Å². The molecule has 4 heteroatoms. The van der Waals surface area contributed by atoms with E-state index in [2.05, 4.69) is 61.6 Å². The molecule has 0 bridgehead atoms. The number of hydrogen-bond acceptors (Lipinski definition) is 3. The van der Waals surface area contributed by atoms with Gasteiger partial charge in [-0.2, -0.15) is 0 Å². The predicted molar refractivity (Wildman–Crippen MR) is 96.5 cm³/mol. The van der Waals surface area contributed by atoms with E-state index in [9.17, 15) is 4.79 Å². The van der Waals surface area contributed by atoms with Gasteiger partial charge in [0.05, 0.1) is 5.92 Å². The largest absolute Gasteiger partial charge is 0.461 e.